The highest BCUT2D eigenvalue weighted by atomic mass is 32.2. The second-order valence-corrected chi connectivity index (χ2v) is 9.18. The van der Waals surface area contributed by atoms with Crippen LogP contribution >= 0.6 is 11.8 Å². The van der Waals surface area contributed by atoms with Crippen LogP contribution in [0.5, 0.6) is 11.5 Å². The van der Waals surface area contributed by atoms with Crippen LogP contribution in [0.25, 0.3) is 0 Å². The third-order valence-electron chi connectivity index (χ3n) is 5.51. The van der Waals surface area contributed by atoms with Gasteiger partial charge >= 0.3 is 0 Å². The molecule has 0 aromatic heterocycles. The Balaban J connectivity index is 1.58. The highest BCUT2D eigenvalue weighted by Gasteiger charge is 2.61. The topological polar surface area (TPSA) is 101 Å². The second kappa shape index (κ2) is 9.38. The van der Waals surface area contributed by atoms with Gasteiger partial charge in [0, 0.05) is 26.0 Å². The number of benzene rings is 2. The van der Waals surface area contributed by atoms with Gasteiger partial charge in [0.05, 0.1) is 19.4 Å². The highest BCUT2D eigenvalue weighted by Crippen LogP contribution is 2.54. The monoisotopic (exact) mass is 482 g/mol. The van der Waals surface area contributed by atoms with E-state index < -0.39 is 10.8 Å². The molecule has 0 saturated carbocycles. The van der Waals surface area contributed by atoms with Crippen LogP contribution in [-0.2, 0) is 19.3 Å². The van der Waals surface area contributed by atoms with Gasteiger partial charge in [-0.3, -0.25) is 14.4 Å². The number of carbonyl (C=O) groups is 3. The number of anilines is 1. The van der Waals surface area contributed by atoms with E-state index in [2.05, 4.69) is 10.4 Å². The fourth-order valence-corrected chi connectivity index (χ4v) is 5.41. The van der Waals surface area contributed by atoms with Crippen molar-refractivity contribution in [3.63, 3.8) is 0 Å². The third-order valence-corrected chi connectivity index (χ3v) is 6.75. The predicted octanol–water partition coefficient (Wildman–Crippen LogP) is 2.97. The van der Waals surface area contributed by atoms with Crippen LogP contribution in [0.2, 0.25) is 0 Å². The summed E-state index contributed by atoms with van der Waals surface area (Å²) in [6, 6.07) is 13.1. The number of hydrogen-bond acceptors (Lipinski definition) is 7. The van der Waals surface area contributed by atoms with E-state index in [4.69, 9.17) is 9.47 Å². The van der Waals surface area contributed by atoms with Gasteiger partial charge in [-0.25, -0.2) is 0 Å². The molecule has 1 unspecified atom stereocenters. The van der Waals surface area contributed by atoms with Gasteiger partial charge in [0.2, 0.25) is 16.7 Å². The molecule has 3 amide bonds. The van der Waals surface area contributed by atoms with Gasteiger partial charge in [0.15, 0.2) is 16.7 Å². The number of aryl methyl sites for hydroxylation is 1. The van der Waals surface area contributed by atoms with Gasteiger partial charge < -0.3 is 19.7 Å². The summed E-state index contributed by atoms with van der Waals surface area (Å²) in [5, 5.41) is 8.28. The van der Waals surface area contributed by atoms with Gasteiger partial charge in [0.25, 0.3) is 5.91 Å². The van der Waals surface area contributed by atoms with E-state index in [-0.39, 0.29) is 17.0 Å². The summed E-state index contributed by atoms with van der Waals surface area (Å²) in [7, 11) is 1.58. The first-order valence-electron chi connectivity index (χ1n) is 10.8. The molecule has 0 aliphatic carbocycles. The summed E-state index contributed by atoms with van der Waals surface area (Å²) in [5.74, 6) is 0.270. The molecule has 2 aliphatic rings. The first-order chi connectivity index (χ1) is 16.3. The Bertz CT molecular complexity index is 1180. The summed E-state index contributed by atoms with van der Waals surface area (Å²) in [5.41, 5.74) is 2.34. The van der Waals surface area contributed by atoms with Crippen molar-refractivity contribution in [1.82, 2.24) is 10.3 Å². The van der Waals surface area contributed by atoms with Crippen molar-refractivity contribution in [3.8, 4) is 11.5 Å². The zero-order chi connectivity index (χ0) is 24.5. The van der Waals surface area contributed by atoms with E-state index in [0.29, 0.717) is 42.3 Å². The average molecular weight is 483 g/mol. The lowest BCUT2D eigenvalue weighted by molar-refractivity contribution is -0.139. The van der Waals surface area contributed by atoms with Gasteiger partial charge in [-0.15, -0.1) is 5.10 Å². The lowest BCUT2D eigenvalue weighted by Gasteiger charge is -2.29. The number of hydrazone groups is 1. The summed E-state index contributed by atoms with van der Waals surface area (Å²) < 4.78 is 11.2. The number of fused-ring (bicyclic) bond motifs is 2. The molecule has 34 heavy (non-hydrogen) atoms. The molecule has 1 atom stereocenters. The number of carbonyl (C=O) groups excluding carboxylic acids is 3. The van der Waals surface area contributed by atoms with Crippen LogP contribution in [0.1, 0.15) is 31.4 Å². The lowest BCUT2D eigenvalue weighted by Crippen LogP contribution is -2.48. The number of nitrogens with one attached hydrogen (secondary N) is 1. The van der Waals surface area contributed by atoms with Crippen molar-refractivity contribution >= 4 is 40.3 Å². The minimum absolute atomic E-state index is 0.213. The first-order valence-corrected chi connectivity index (χ1v) is 11.6. The number of para-hydroxylation sites is 2. The Hall–Kier alpha value is -3.53. The first kappa shape index (κ1) is 23.6. The maximum atomic E-state index is 13.9. The summed E-state index contributed by atoms with van der Waals surface area (Å²) >= 11 is 1.07. The van der Waals surface area contributed by atoms with Crippen LogP contribution in [0.15, 0.2) is 47.6 Å². The van der Waals surface area contributed by atoms with Crippen LogP contribution in [0.3, 0.4) is 0 Å². The Morgan fingerprint density at radius 2 is 1.88 bits per heavy atom. The normalized spacial score (nSPS) is 18.7. The molecule has 9 nitrogen and oxygen atoms in total. The lowest BCUT2D eigenvalue weighted by atomic mass is 10.0. The zero-order valence-corrected chi connectivity index (χ0v) is 20.3. The molecule has 0 fully saturated rings. The fraction of sp³-hybridized carbons (Fsp3) is 0.333. The maximum absolute atomic E-state index is 13.9. The fourth-order valence-electron chi connectivity index (χ4n) is 4.09. The van der Waals surface area contributed by atoms with E-state index in [1.807, 2.05) is 49.4 Å². The zero-order valence-electron chi connectivity index (χ0n) is 19.5. The van der Waals surface area contributed by atoms with Gasteiger partial charge in [-0.2, -0.15) is 5.01 Å². The van der Waals surface area contributed by atoms with Gasteiger partial charge in [-0.05, 0) is 43.3 Å². The molecule has 10 heteroatoms. The van der Waals surface area contributed by atoms with Crippen molar-refractivity contribution in [2.75, 3.05) is 25.2 Å². The number of methoxy groups -OCH3 is 1. The van der Waals surface area contributed by atoms with Gasteiger partial charge in [0.1, 0.15) is 0 Å². The number of nitrogens with zero attached hydrogens (tertiary/aromatic N) is 3. The maximum Gasteiger partial charge on any atom is 0.270 e. The quantitative estimate of drug-likeness (QED) is 0.636. The molecule has 2 heterocycles. The molecule has 2 aromatic carbocycles. The van der Waals surface area contributed by atoms with Crippen LogP contribution < -0.4 is 19.7 Å². The largest absolute Gasteiger partial charge is 0.493 e. The molecule has 0 bridgehead atoms. The summed E-state index contributed by atoms with van der Waals surface area (Å²) in [6.45, 7) is 5.39. The van der Waals surface area contributed by atoms with Crippen LogP contribution in [0.4, 0.5) is 5.69 Å². The van der Waals surface area contributed by atoms with Crippen molar-refractivity contribution in [2.45, 2.75) is 32.1 Å². The minimum atomic E-state index is -1.39. The number of rotatable bonds is 6. The van der Waals surface area contributed by atoms with Crippen molar-refractivity contribution < 1.29 is 23.9 Å². The third kappa shape index (κ3) is 4.09. The summed E-state index contributed by atoms with van der Waals surface area (Å²) in [6.07, 6.45) is 0.553. The van der Waals surface area contributed by atoms with E-state index in [1.165, 1.54) is 18.9 Å². The number of thioether (sulfide) groups is 1. The molecule has 1 spiro atoms. The Morgan fingerprint density at radius 1 is 1.15 bits per heavy atom. The van der Waals surface area contributed by atoms with E-state index in [0.717, 1.165) is 17.3 Å². The molecule has 2 aromatic rings. The highest BCUT2D eigenvalue weighted by molar-refractivity contribution is 8.15. The molecule has 2 aliphatic heterocycles. The molecular weight excluding hydrogens is 456 g/mol. The Kier molecular flexibility index (Phi) is 6.52. The van der Waals surface area contributed by atoms with E-state index >= 15 is 0 Å². The second-order valence-electron chi connectivity index (χ2n) is 7.99. The van der Waals surface area contributed by atoms with Crippen molar-refractivity contribution in [3.05, 3.63) is 53.6 Å². The van der Waals surface area contributed by atoms with Crippen molar-refractivity contribution in [2.24, 2.45) is 5.10 Å². The standard InChI is InChI=1S/C24H26N4O5S/c1-15-10-11-19-18(14-15)24(28(17(3)30)26-23(34-24)25-16(2)29)22(31)27(19)12-7-13-33-21-9-6-5-8-20(21)32-4/h5-6,8-11,14H,7,12-13H2,1-4H3,(H,25,26,29). The number of hydrogen-bond donors (Lipinski definition) is 1. The molecule has 1 N–H and O–H groups in total. The molecular formula is C24H26N4O5S. The van der Waals surface area contributed by atoms with E-state index in [9.17, 15) is 14.4 Å². The Morgan fingerprint density at radius 3 is 2.56 bits per heavy atom. The van der Waals surface area contributed by atoms with Gasteiger partial charge in [-0.1, -0.05) is 29.8 Å². The molecule has 178 valence electrons. The predicted molar refractivity (Wildman–Crippen MR) is 130 cm³/mol. The minimum Gasteiger partial charge on any atom is -0.493 e. The molecule has 0 radical (unpaired) electrons. The van der Waals surface area contributed by atoms with E-state index in [1.54, 1.807) is 12.0 Å². The summed E-state index contributed by atoms with van der Waals surface area (Å²) in [4.78, 5) is 38.3. The average Bonchev–Trinajstić information content (AvgIpc) is 3.28. The number of amidine groups is 1. The Labute approximate surface area is 202 Å². The SMILES string of the molecule is COc1ccccc1OCCCN1C(=O)C2(SC(NC(C)=O)=NN2C(C)=O)c2cc(C)ccc21. The van der Waals surface area contributed by atoms with Crippen LogP contribution in [0, 0.1) is 6.92 Å². The number of amides is 3. The number of ether oxygens (including phenoxy) is 2. The van der Waals surface area contributed by atoms with Crippen molar-refractivity contribution in [1.29, 1.82) is 0 Å². The van der Waals surface area contributed by atoms with Crippen LogP contribution in [-0.4, -0.2) is 48.2 Å². The smallest absolute Gasteiger partial charge is 0.270 e. The molecule has 4 rings (SSSR count). The molecule has 0 saturated heterocycles.